The van der Waals surface area contributed by atoms with Gasteiger partial charge in [0.2, 0.25) is 0 Å². The van der Waals surface area contributed by atoms with Gasteiger partial charge >= 0.3 is 12.0 Å². The minimum absolute atomic E-state index is 0.0629. The maximum Gasteiger partial charge on any atom is 0.322 e. The van der Waals surface area contributed by atoms with Crippen LogP contribution in [0.25, 0.3) is 0 Å². The van der Waals surface area contributed by atoms with Crippen LogP contribution in [0.2, 0.25) is 0 Å². The number of rotatable bonds is 4. The summed E-state index contributed by atoms with van der Waals surface area (Å²) in [5.41, 5.74) is -0.0825. The standard InChI is InChI=1S/C14H18N2O4/c1-16(10-4-2-5-11(17)8-10)13(20)15-14(6-3-7-14)9-12(18)19/h2,4-5,8,17H,3,6-7,9H2,1H3,(H,15,20)(H,18,19). The molecule has 20 heavy (non-hydrogen) atoms. The van der Waals surface area contributed by atoms with E-state index in [0.717, 1.165) is 6.42 Å². The van der Waals surface area contributed by atoms with Crippen LogP contribution in [0, 0.1) is 0 Å². The molecule has 1 fully saturated rings. The van der Waals surface area contributed by atoms with E-state index in [1.54, 1.807) is 19.2 Å². The number of aliphatic carboxylic acids is 1. The van der Waals surface area contributed by atoms with Crippen molar-refractivity contribution in [3.8, 4) is 5.75 Å². The number of carbonyl (C=O) groups is 2. The van der Waals surface area contributed by atoms with E-state index in [1.807, 2.05) is 0 Å². The van der Waals surface area contributed by atoms with Gasteiger partial charge in [-0.3, -0.25) is 9.69 Å². The van der Waals surface area contributed by atoms with E-state index in [4.69, 9.17) is 5.11 Å². The maximum atomic E-state index is 12.2. The van der Waals surface area contributed by atoms with Gasteiger partial charge in [-0.2, -0.15) is 0 Å². The van der Waals surface area contributed by atoms with Crippen molar-refractivity contribution in [1.29, 1.82) is 0 Å². The van der Waals surface area contributed by atoms with E-state index in [0.29, 0.717) is 18.5 Å². The molecule has 1 saturated carbocycles. The zero-order valence-electron chi connectivity index (χ0n) is 11.3. The van der Waals surface area contributed by atoms with Crippen LogP contribution in [-0.2, 0) is 4.79 Å². The quantitative estimate of drug-likeness (QED) is 0.785. The van der Waals surface area contributed by atoms with Crippen LogP contribution in [0.4, 0.5) is 10.5 Å². The lowest BCUT2D eigenvalue weighted by Crippen LogP contribution is -2.57. The van der Waals surface area contributed by atoms with Crippen molar-refractivity contribution in [2.75, 3.05) is 11.9 Å². The molecule has 0 atom stereocenters. The zero-order valence-corrected chi connectivity index (χ0v) is 11.3. The average molecular weight is 278 g/mol. The minimum atomic E-state index is -0.912. The number of aromatic hydroxyl groups is 1. The third-order valence-corrected chi connectivity index (χ3v) is 3.69. The number of carbonyl (C=O) groups excluding carboxylic acids is 1. The Balaban J connectivity index is 2.05. The number of carboxylic acids is 1. The molecular weight excluding hydrogens is 260 g/mol. The Morgan fingerprint density at radius 2 is 2.10 bits per heavy atom. The smallest absolute Gasteiger partial charge is 0.322 e. The fourth-order valence-corrected chi connectivity index (χ4v) is 2.37. The Morgan fingerprint density at radius 1 is 1.40 bits per heavy atom. The Hall–Kier alpha value is -2.24. The molecule has 0 aliphatic heterocycles. The van der Waals surface area contributed by atoms with Gasteiger partial charge in [0.1, 0.15) is 5.75 Å². The molecule has 0 heterocycles. The Labute approximate surface area is 117 Å². The number of hydrogen-bond donors (Lipinski definition) is 3. The van der Waals surface area contributed by atoms with E-state index in [2.05, 4.69) is 5.32 Å². The second kappa shape index (κ2) is 5.40. The number of anilines is 1. The number of hydrogen-bond acceptors (Lipinski definition) is 3. The first-order valence-corrected chi connectivity index (χ1v) is 6.49. The first-order valence-electron chi connectivity index (χ1n) is 6.49. The van der Waals surface area contributed by atoms with Crippen LogP contribution in [0.3, 0.4) is 0 Å². The van der Waals surface area contributed by atoms with Crippen LogP contribution in [0.15, 0.2) is 24.3 Å². The highest BCUT2D eigenvalue weighted by Crippen LogP contribution is 2.35. The first-order chi connectivity index (χ1) is 9.42. The number of phenolic OH excluding ortho intramolecular Hbond substituents is 1. The molecule has 0 aromatic heterocycles. The number of amides is 2. The SMILES string of the molecule is CN(C(=O)NC1(CC(=O)O)CCC1)c1cccc(O)c1. The fraction of sp³-hybridized carbons (Fsp3) is 0.429. The Kier molecular flexibility index (Phi) is 3.83. The third kappa shape index (κ3) is 3.01. The fourth-order valence-electron chi connectivity index (χ4n) is 2.37. The molecule has 0 unspecified atom stereocenters. The number of benzene rings is 1. The van der Waals surface area contributed by atoms with Gasteiger partial charge in [-0.05, 0) is 31.4 Å². The number of urea groups is 1. The molecule has 1 aromatic rings. The van der Waals surface area contributed by atoms with Crippen LogP contribution in [-0.4, -0.2) is 34.8 Å². The summed E-state index contributed by atoms with van der Waals surface area (Å²) in [5, 5.41) is 21.1. The van der Waals surface area contributed by atoms with Crippen LogP contribution < -0.4 is 10.2 Å². The van der Waals surface area contributed by atoms with Crippen molar-refractivity contribution < 1.29 is 19.8 Å². The molecule has 2 rings (SSSR count). The summed E-state index contributed by atoms with van der Waals surface area (Å²) in [6, 6.07) is 5.98. The van der Waals surface area contributed by atoms with Gasteiger partial charge in [-0.1, -0.05) is 6.07 Å². The number of nitrogens with zero attached hydrogens (tertiary/aromatic N) is 1. The second-order valence-electron chi connectivity index (χ2n) is 5.21. The van der Waals surface area contributed by atoms with Crippen LogP contribution >= 0.6 is 0 Å². The molecule has 1 aliphatic carbocycles. The molecule has 6 nitrogen and oxygen atoms in total. The van der Waals surface area contributed by atoms with Gasteiger partial charge in [0.15, 0.2) is 0 Å². The number of phenols is 1. The van der Waals surface area contributed by atoms with Crippen LogP contribution in [0.1, 0.15) is 25.7 Å². The molecule has 0 bridgehead atoms. The second-order valence-corrected chi connectivity index (χ2v) is 5.21. The lowest BCUT2D eigenvalue weighted by Gasteiger charge is -2.42. The predicted molar refractivity (Wildman–Crippen MR) is 73.9 cm³/mol. The van der Waals surface area contributed by atoms with Crippen molar-refractivity contribution in [2.45, 2.75) is 31.2 Å². The lowest BCUT2D eigenvalue weighted by atomic mass is 9.74. The van der Waals surface area contributed by atoms with Gasteiger partial charge in [0.05, 0.1) is 12.0 Å². The number of carboxylic acid groups (broad SMARTS) is 1. The largest absolute Gasteiger partial charge is 0.508 e. The zero-order chi connectivity index (χ0) is 14.8. The van der Waals surface area contributed by atoms with E-state index >= 15 is 0 Å². The topological polar surface area (TPSA) is 89.9 Å². The summed E-state index contributed by atoms with van der Waals surface area (Å²) in [5.74, 6) is -0.837. The number of nitrogens with one attached hydrogen (secondary N) is 1. The molecule has 108 valence electrons. The minimum Gasteiger partial charge on any atom is -0.508 e. The summed E-state index contributed by atoms with van der Waals surface area (Å²) in [7, 11) is 1.58. The molecule has 6 heteroatoms. The monoisotopic (exact) mass is 278 g/mol. The first kappa shape index (κ1) is 14.2. The third-order valence-electron chi connectivity index (χ3n) is 3.69. The summed E-state index contributed by atoms with van der Waals surface area (Å²) >= 11 is 0. The van der Waals surface area contributed by atoms with E-state index in [-0.39, 0.29) is 18.2 Å². The van der Waals surface area contributed by atoms with Gasteiger partial charge < -0.3 is 15.5 Å². The molecule has 0 saturated heterocycles. The molecule has 1 aromatic carbocycles. The maximum absolute atomic E-state index is 12.2. The van der Waals surface area contributed by atoms with E-state index in [9.17, 15) is 14.7 Å². The molecule has 0 spiro atoms. The Morgan fingerprint density at radius 3 is 2.60 bits per heavy atom. The average Bonchev–Trinajstić information content (AvgIpc) is 2.34. The van der Waals surface area contributed by atoms with Crippen molar-refractivity contribution in [3.63, 3.8) is 0 Å². The summed E-state index contributed by atoms with van der Waals surface area (Å²) < 4.78 is 0. The normalized spacial score (nSPS) is 16.1. The highest BCUT2D eigenvalue weighted by molar-refractivity contribution is 5.92. The van der Waals surface area contributed by atoms with Crippen molar-refractivity contribution >= 4 is 17.7 Å². The molecular formula is C14H18N2O4. The summed E-state index contributed by atoms with van der Waals surface area (Å²) in [4.78, 5) is 24.4. The van der Waals surface area contributed by atoms with Gasteiger partial charge in [-0.25, -0.2) is 4.79 Å². The van der Waals surface area contributed by atoms with Crippen LogP contribution in [0.5, 0.6) is 5.75 Å². The summed E-state index contributed by atoms with van der Waals surface area (Å²) in [6.45, 7) is 0. The van der Waals surface area contributed by atoms with Crippen molar-refractivity contribution in [3.05, 3.63) is 24.3 Å². The van der Waals surface area contributed by atoms with Gasteiger partial charge in [0.25, 0.3) is 0 Å². The van der Waals surface area contributed by atoms with E-state index < -0.39 is 11.5 Å². The Bertz CT molecular complexity index is 526. The van der Waals surface area contributed by atoms with Gasteiger partial charge in [0, 0.05) is 18.8 Å². The molecule has 1 aliphatic rings. The highest BCUT2D eigenvalue weighted by atomic mass is 16.4. The molecule has 2 amide bonds. The predicted octanol–water partition coefficient (Wildman–Crippen LogP) is 1.94. The van der Waals surface area contributed by atoms with Crippen molar-refractivity contribution in [1.82, 2.24) is 5.32 Å². The lowest BCUT2D eigenvalue weighted by molar-refractivity contribution is -0.139. The summed E-state index contributed by atoms with van der Waals surface area (Å²) in [6.07, 6.45) is 2.22. The van der Waals surface area contributed by atoms with E-state index in [1.165, 1.54) is 17.0 Å². The molecule has 0 radical (unpaired) electrons. The highest BCUT2D eigenvalue weighted by Gasteiger charge is 2.41. The molecule has 3 N–H and O–H groups in total. The van der Waals surface area contributed by atoms with Crippen molar-refractivity contribution in [2.24, 2.45) is 0 Å². The van der Waals surface area contributed by atoms with Gasteiger partial charge in [-0.15, -0.1) is 0 Å².